The SMILES string of the molecule is CC(Cc1cc(C2CCC2)n(C)n1)C(=O)O. The van der Waals surface area contributed by atoms with Crippen molar-refractivity contribution in [2.75, 3.05) is 0 Å². The predicted octanol–water partition coefficient (Wildman–Crippen LogP) is 1.95. The molecule has 1 aromatic heterocycles. The molecular weight excluding hydrogens is 204 g/mol. The Morgan fingerprint density at radius 1 is 1.69 bits per heavy atom. The highest BCUT2D eigenvalue weighted by molar-refractivity contribution is 5.69. The molecule has 1 fully saturated rings. The van der Waals surface area contributed by atoms with Crippen LogP contribution in [0, 0.1) is 5.92 Å². The first-order valence-electron chi connectivity index (χ1n) is 5.83. The standard InChI is InChI=1S/C12H18N2O2/c1-8(12(15)16)6-10-7-11(14(2)13-10)9-4-3-5-9/h7-9H,3-6H2,1-2H3,(H,15,16). The van der Waals surface area contributed by atoms with Crippen LogP contribution in [0.25, 0.3) is 0 Å². The van der Waals surface area contributed by atoms with E-state index in [4.69, 9.17) is 5.11 Å². The molecule has 1 unspecified atom stereocenters. The summed E-state index contributed by atoms with van der Waals surface area (Å²) in [7, 11) is 1.95. The van der Waals surface area contributed by atoms with Gasteiger partial charge in [-0.3, -0.25) is 9.48 Å². The largest absolute Gasteiger partial charge is 0.481 e. The van der Waals surface area contributed by atoms with Crippen molar-refractivity contribution in [3.8, 4) is 0 Å². The van der Waals surface area contributed by atoms with Gasteiger partial charge in [-0.25, -0.2) is 0 Å². The van der Waals surface area contributed by atoms with Crippen molar-refractivity contribution in [3.63, 3.8) is 0 Å². The van der Waals surface area contributed by atoms with Gasteiger partial charge in [0.25, 0.3) is 0 Å². The second-order valence-electron chi connectivity index (χ2n) is 4.76. The minimum atomic E-state index is -0.754. The maximum Gasteiger partial charge on any atom is 0.306 e. The Hall–Kier alpha value is -1.32. The second kappa shape index (κ2) is 4.28. The molecule has 1 atom stereocenters. The first-order valence-corrected chi connectivity index (χ1v) is 5.83. The molecule has 1 aliphatic rings. The Labute approximate surface area is 95.3 Å². The Morgan fingerprint density at radius 3 is 2.88 bits per heavy atom. The zero-order valence-electron chi connectivity index (χ0n) is 9.81. The fourth-order valence-electron chi connectivity index (χ4n) is 2.13. The molecule has 4 heteroatoms. The monoisotopic (exact) mass is 222 g/mol. The van der Waals surface area contributed by atoms with Gasteiger partial charge in [-0.05, 0) is 18.9 Å². The van der Waals surface area contributed by atoms with Crippen molar-refractivity contribution >= 4 is 5.97 Å². The van der Waals surface area contributed by atoms with Gasteiger partial charge in [-0.1, -0.05) is 13.3 Å². The summed E-state index contributed by atoms with van der Waals surface area (Å²) in [6.07, 6.45) is 4.31. The third kappa shape index (κ3) is 2.10. The van der Waals surface area contributed by atoms with Crippen LogP contribution in [0.1, 0.15) is 43.5 Å². The molecule has 1 aliphatic carbocycles. The first kappa shape index (κ1) is 11.2. The van der Waals surface area contributed by atoms with Crippen LogP contribution in [0.2, 0.25) is 0 Å². The summed E-state index contributed by atoms with van der Waals surface area (Å²) in [5, 5.41) is 13.2. The zero-order chi connectivity index (χ0) is 11.7. The van der Waals surface area contributed by atoms with Gasteiger partial charge in [0, 0.05) is 25.1 Å². The third-order valence-electron chi connectivity index (χ3n) is 3.43. The lowest BCUT2D eigenvalue weighted by Crippen LogP contribution is -2.13. The molecule has 0 aromatic carbocycles. The molecule has 1 aromatic rings. The lowest BCUT2D eigenvalue weighted by Gasteiger charge is -2.25. The fraction of sp³-hybridized carbons (Fsp3) is 0.667. The number of carbonyl (C=O) groups is 1. The average Bonchev–Trinajstić information content (AvgIpc) is 2.44. The number of hydrogen-bond acceptors (Lipinski definition) is 2. The maximum atomic E-state index is 10.8. The molecule has 0 aliphatic heterocycles. The lowest BCUT2D eigenvalue weighted by atomic mass is 9.82. The van der Waals surface area contributed by atoms with E-state index in [0.717, 1.165) is 5.69 Å². The van der Waals surface area contributed by atoms with Crippen molar-refractivity contribution in [3.05, 3.63) is 17.5 Å². The van der Waals surface area contributed by atoms with Crippen LogP contribution in [0.5, 0.6) is 0 Å². The van der Waals surface area contributed by atoms with E-state index in [9.17, 15) is 4.79 Å². The molecule has 0 spiro atoms. The van der Waals surface area contributed by atoms with Crippen LogP contribution in [-0.2, 0) is 18.3 Å². The summed E-state index contributed by atoms with van der Waals surface area (Å²) >= 11 is 0. The van der Waals surface area contributed by atoms with Gasteiger partial charge >= 0.3 is 5.97 Å². The van der Waals surface area contributed by atoms with Crippen molar-refractivity contribution in [2.24, 2.45) is 13.0 Å². The number of carboxylic acid groups (broad SMARTS) is 1. The van der Waals surface area contributed by atoms with Crippen molar-refractivity contribution in [2.45, 2.75) is 38.5 Å². The molecular formula is C12H18N2O2. The van der Waals surface area contributed by atoms with Crippen LogP contribution in [0.15, 0.2) is 6.07 Å². The van der Waals surface area contributed by atoms with E-state index >= 15 is 0 Å². The Kier molecular flexibility index (Phi) is 2.99. The van der Waals surface area contributed by atoms with Crippen LogP contribution >= 0.6 is 0 Å². The van der Waals surface area contributed by atoms with E-state index in [1.807, 2.05) is 11.7 Å². The highest BCUT2D eigenvalue weighted by Crippen LogP contribution is 2.36. The highest BCUT2D eigenvalue weighted by atomic mass is 16.4. The van der Waals surface area contributed by atoms with E-state index in [0.29, 0.717) is 12.3 Å². The fourth-order valence-corrected chi connectivity index (χ4v) is 2.13. The third-order valence-corrected chi connectivity index (χ3v) is 3.43. The molecule has 0 radical (unpaired) electrons. The maximum absolute atomic E-state index is 10.8. The topological polar surface area (TPSA) is 55.1 Å². The van der Waals surface area contributed by atoms with Gasteiger partial charge in [-0.15, -0.1) is 0 Å². The van der Waals surface area contributed by atoms with Gasteiger partial charge in [0.2, 0.25) is 0 Å². The highest BCUT2D eigenvalue weighted by Gasteiger charge is 2.24. The van der Waals surface area contributed by atoms with Crippen LogP contribution in [-0.4, -0.2) is 20.9 Å². The summed E-state index contributed by atoms with van der Waals surface area (Å²) in [5.74, 6) is -0.466. The van der Waals surface area contributed by atoms with E-state index in [2.05, 4.69) is 11.2 Å². The first-order chi connectivity index (χ1) is 7.58. The minimum absolute atomic E-state index is 0.357. The number of aliphatic carboxylic acids is 1. The second-order valence-corrected chi connectivity index (χ2v) is 4.76. The molecule has 88 valence electrons. The lowest BCUT2D eigenvalue weighted by molar-refractivity contribution is -0.141. The molecule has 0 saturated heterocycles. The smallest absolute Gasteiger partial charge is 0.306 e. The van der Waals surface area contributed by atoms with E-state index in [1.165, 1.54) is 25.0 Å². The summed E-state index contributed by atoms with van der Waals surface area (Å²) in [6.45, 7) is 1.72. The van der Waals surface area contributed by atoms with Crippen LogP contribution < -0.4 is 0 Å². The summed E-state index contributed by atoms with van der Waals surface area (Å²) < 4.78 is 1.91. The molecule has 2 rings (SSSR count). The zero-order valence-corrected chi connectivity index (χ0v) is 9.81. The van der Waals surface area contributed by atoms with Gasteiger partial charge < -0.3 is 5.11 Å². The predicted molar refractivity (Wildman–Crippen MR) is 60.3 cm³/mol. The normalized spacial score (nSPS) is 18.1. The number of aromatic nitrogens is 2. The van der Waals surface area contributed by atoms with Gasteiger partial charge in [0.15, 0.2) is 0 Å². The molecule has 4 nitrogen and oxygen atoms in total. The van der Waals surface area contributed by atoms with Crippen molar-refractivity contribution in [1.82, 2.24) is 9.78 Å². The van der Waals surface area contributed by atoms with Crippen molar-refractivity contribution < 1.29 is 9.90 Å². The van der Waals surface area contributed by atoms with Gasteiger partial charge in [-0.2, -0.15) is 5.10 Å². The summed E-state index contributed by atoms with van der Waals surface area (Å²) in [6, 6.07) is 2.07. The summed E-state index contributed by atoms with van der Waals surface area (Å²) in [4.78, 5) is 10.8. The van der Waals surface area contributed by atoms with Crippen LogP contribution in [0.3, 0.4) is 0 Å². The number of hydrogen-bond donors (Lipinski definition) is 1. The number of rotatable bonds is 4. The van der Waals surface area contributed by atoms with Gasteiger partial charge in [0.1, 0.15) is 0 Å². The number of aryl methyl sites for hydroxylation is 1. The van der Waals surface area contributed by atoms with Crippen molar-refractivity contribution in [1.29, 1.82) is 0 Å². The molecule has 16 heavy (non-hydrogen) atoms. The quantitative estimate of drug-likeness (QED) is 0.847. The van der Waals surface area contributed by atoms with Gasteiger partial charge in [0.05, 0.1) is 11.6 Å². The minimum Gasteiger partial charge on any atom is -0.481 e. The number of carboxylic acids is 1. The molecule has 0 bridgehead atoms. The number of nitrogens with zero attached hydrogens (tertiary/aromatic N) is 2. The summed E-state index contributed by atoms with van der Waals surface area (Å²) in [5.41, 5.74) is 2.16. The molecule has 1 saturated carbocycles. The molecule has 1 heterocycles. The molecule has 0 amide bonds. The van der Waals surface area contributed by atoms with E-state index in [-0.39, 0.29) is 5.92 Å². The Balaban J connectivity index is 2.08. The average molecular weight is 222 g/mol. The Bertz CT molecular complexity index is 394. The molecule has 1 N–H and O–H groups in total. The van der Waals surface area contributed by atoms with E-state index in [1.54, 1.807) is 6.92 Å². The van der Waals surface area contributed by atoms with E-state index < -0.39 is 5.97 Å². The van der Waals surface area contributed by atoms with Crippen LogP contribution in [0.4, 0.5) is 0 Å². The Morgan fingerprint density at radius 2 is 2.38 bits per heavy atom.